The van der Waals surface area contributed by atoms with Gasteiger partial charge in [0.15, 0.2) is 0 Å². The van der Waals surface area contributed by atoms with Crippen LogP contribution in [0.4, 0.5) is 0 Å². The first-order valence-corrected chi connectivity index (χ1v) is 14.4. The van der Waals surface area contributed by atoms with Crippen molar-refractivity contribution in [3.8, 4) is 0 Å². The van der Waals surface area contributed by atoms with Crippen LogP contribution in [-0.4, -0.2) is 14.1 Å². The van der Waals surface area contributed by atoms with Crippen LogP contribution >= 0.6 is 0 Å². The quantitative estimate of drug-likeness (QED) is 0.108. The minimum atomic E-state index is -0.430. The first-order valence-electron chi connectivity index (χ1n) is 12.0. The highest BCUT2D eigenvalue weighted by molar-refractivity contribution is 6.58. The molecule has 25 heavy (non-hydrogen) atoms. The molecule has 0 aliphatic rings. The van der Waals surface area contributed by atoms with E-state index >= 15 is 0 Å². The highest BCUT2D eigenvalue weighted by atomic mass is 27.2. The summed E-state index contributed by atoms with van der Waals surface area (Å²) in [4.78, 5) is 0. The molecule has 0 fully saturated rings. The van der Waals surface area contributed by atoms with Crippen molar-refractivity contribution >= 4 is 14.1 Å². The fourth-order valence-corrected chi connectivity index (χ4v) is 7.40. The number of allylic oxidation sites excluding steroid dienone is 1. The average molecular weight is 365 g/mol. The summed E-state index contributed by atoms with van der Waals surface area (Å²) in [6.07, 6.45) is 26.8. The molecule has 0 aromatic rings. The maximum Gasteiger partial charge on any atom is 0.261 e. The second-order valence-electron chi connectivity index (χ2n) is 8.26. The van der Waals surface area contributed by atoms with Gasteiger partial charge in [0, 0.05) is 0 Å². The molecule has 0 radical (unpaired) electrons. The van der Waals surface area contributed by atoms with Crippen LogP contribution in [-0.2, 0) is 0 Å². The molecule has 0 rings (SSSR count). The van der Waals surface area contributed by atoms with E-state index in [2.05, 4.69) is 26.5 Å². The minimum absolute atomic E-state index is 0.430. The Hall–Kier alpha value is 0.272. The molecule has 0 aromatic heterocycles. The van der Waals surface area contributed by atoms with E-state index in [0.29, 0.717) is 0 Å². The molecular weight excluding hydrogens is 315 g/mol. The van der Waals surface area contributed by atoms with E-state index in [9.17, 15) is 0 Å². The number of unbranched alkanes of at least 4 members (excludes halogenated alkanes) is 14. The molecule has 0 heterocycles. The van der Waals surface area contributed by atoms with Gasteiger partial charge in [-0.1, -0.05) is 132 Å². The molecule has 0 aromatic carbocycles. The van der Waals surface area contributed by atoms with Gasteiger partial charge in [0.25, 0.3) is 14.1 Å². The third-order valence-electron chi connectivity index (χ3n) is 5.70. The molecule has 0 N–H and O–H groups in total. The van der Waals surface area contributed by atoms with Crippen molar-refractivity contribution in [2.24, 2.45) is 0 Å². The van der Waals surface area contributed by atoms with Crippen LogP contribution in [0.15, 0.2) is 12.7 Å². The molecule has 0 bridgehead atoms. The van der Waals surface area contributed by atoms with Crippen molar-refractivity contribution in [2.45, 2.75) is 139 Å². The van der Waals surface area contributed by atoms with Crippen LogP contribution in [0.2, 0.25) is 15.8 Å². The van der Waals surface area contributed by atoms with Crippen molar-refractivity contribution in [2.75, 3.05) is 0 Å². The molecule has 0 aliphatic heterocycles. The molecule has 148 valence electrons. The zero-order chi connectivity index (χ0) is 18.4. The third-order valence-corrected chi connectivity index (χ3v) is 9.38. The number of rotatable bonds is 21. The first-order chi connectivity index (χ1) is 12.3. The van der Waals surface area contributed by atoms with Crippen LogP contribution in [0.1, 0.15) is 123 Å². The van der Waals surface area contributed by atoms with Crippen molar-refractivity contribution in [3.63, 3.8) is 0 Å². The minimum Gasteiger partial charge on any atom is -0.103 e. The Morgan fingerprint density at radius 2 is 0.880 bits per heavy atom. The van der Waals surface area contributed by atoms with Gasteiger partial charge in [0.2, 0.25) is 0 Å². The molecule has 0 nitrogen and oxygen atoms in total. The van der Waals surface area contributed by atoms with Gasteiger partial charge in [0.05, 0.1) is 0 Å². The summed E-state index contributed by atoms with van der Waals surface area (Å²) >= 11 is -0.430. The lowest BCUT2D eigenvalue weighted by Crippen LogP contribution is -2.12. The predicted molar refractivity (Wildman–Crippen MR) is 120 cm³/mol. The SMILES string of the molecule is C=CCCCCC[CH2][Al]([CH2]CCCCCCC)[CH2]CCCCCCC. The fraction of sp³-hybridized carbons (Fsp3) is 0.917. The Morgan fingerprint density at radius 1 is 0.520 bits per heavy atom. The molecule has 0 spiro atoms. The third kappa shape index (κ3) is 20.4. The van der Waals surface area contributed by atoms with E-state index in [1.807, 2.05) is 0 Å². The molecule has 0 saturated carbocycles. The Kier molecular flexibility index (Phi) is 22.6. The average Bonchev–Trinajstić information content (AvgIpc) is 2.63. The van der Waals surface area contributed by atoms with Gasteiger partial charge in [-0.15, -0.1) is 6.58 Å². The summed E-state index contributed by atoms with van der Waals surface area (Å²) in [5.74, 6) is 0. The molecule has 0 saturated heterocycles. The molecular formula is C24H49Al. The maximum atomic E-state index is 3.83. The lowest BCUT2D eigenvalue weighted by atomic mass is 10.1. The second kappa shape index (κ2) is 22.3. The summed E-state index contributed by atoms with van der Waals surface area (Å²) in [6, 6.07) is 0. The normalized spacial score (nSPS) is 11.0. The van der Waals surface area contributed by atoms with E-state index in [-0.39, 0.29) is 0 Å². The van der Waals surface area contributed by atoms with Gasteiger partial charge >= 0.3 is 0 Å². The highest BCUT2D eigenvalue weighted by Crippen LogP contribution is 2.20. The highest BCUT2D eigenvalue weighted by Gasteiger charge is 2.15. The zero-order valence-corrected chi connectivity index (χ0v) is 19.2. The van der Waals surface area contributed by atoms with Crippen LogP contribution in [0.3, 0.4) is 0 Å². The topological polar surface area (TPSA) is 0 Å². The Morgan fingerprint density at radius 3 is 1.28 bits per heavy atom. The Labute approximate surface area is 165 Å². The predicted octanol–water partition coefficient (Wildman–Crippen LogP) is 9.34. The van der Waals surface area contributed by atoms with Crippen LogP contribution in [0.25, 0.3) is 0 Å². The van der Waals surface area contributed by atoms with Gasteiger partial charge < -0.3 is 0 Å². The molecule has 0 unspecified atom stereocenters. The Bertz CT molecular complexity index is 232. The van der Waals surface area contributed by atoms with Crippen molar-refractivity contribution < 1.29 is 0 Å². The van der Waals surface area contributed by atoms with Crippen molar-refractivity contribution in [1.82, 2.24) is 0 Å². The van der Waals surface area contributed by atoms with E-state index < -0.39 is 14.1 Å². The summed E-state index contributed by atoms with van der Waals surface area (Å²) in [6.45, 7) is 8.47. The number of hydrogen-bond acceptors (Lipinski definition) is 0. The van der Waals surface area contributed by atoms with Crippen molar-refractivity contribution in [3.05, 3.63) is 12.7 Å². The lowest BCUT2D eigenvalue weighted by Gasteiger charge is -2.12. The van der Waals surface area contributed by atoms with E-state index in [4.69, 9.17) is 0 Å². The van der Waals surface area contributed by atoms with Gasteiger partial charge in [-0.2, -0.15) is 0 Å². The second-order valence-corrected chi connectivity index (χ2v) is 11.7. The van der Waals surface area contributed by atoms with Gasteiger partial charge in [-0.3, -0.25) is 0 Å². The lowest BCUT2D eigenvalue weighted by molar-refractivity contribution is 0.614. The van der Waals surface area contributed by atoms with Crippen LogP contribution < -0.4 is 0 Å². The van der Waals surface area contributed by atoms with Crippen LogP contribution in [0.5, 0.6) is 0 Å². The van der Waals surface area contributed by atoms with E-state index in [1.54, 1.807) is 28.7 Å². The smallest absolute Gasteiger partial charge is 0.103 e. The molecule has 1 heteroatoms. The monoisotopic (exact) mass is 364 g/mol. The summed E-state index contributed by atoms with van der Waals surface area (Å²) in [5, 5.41) is 4.93. The first kappa shape index (κ1) is 25.3. The zero-order valence-electron chi connectivity index (χ0n) is 18.0. The number of hydrogen-bond donors (Lipinski definition) is 0. The van der Waals surface area contributed by atoms with Crippen LogP contribution in [0, 0.1) is 0 Å². The Balaban J connectivity index is 3.78. The fourth-order valence-electron chi connectivity index (χ4n) is 3.93. The van der Waals surface area contributed by atoms with Gasteiger partial charge in [0.1, 0.15) is 0 Å². The van der Waals surface area contributed by atoms with Gasteiger partial charge in [-0.25, -0.2) is 0 Å². The molecule has 0 amide bonds. The largest absolute Gasteiger partial charge is 0.261 e. The molecule has 0 atom stereocenters. The standard InChI is InChI=1S/2C8H17.C8H15.Al/c3*1-3-5-7-8-6-4-2;/h2*1,3-8H2,2H3;3H,1-2,4-8H2;. The maximum absolute atomic E-state index is 3.83. The van der Waals surface area contributed by atoms with E-state index in [0.717, 1.165) is 0 Å². The van der Waals surface area contributed by atoms with Gasteiger partial charge in [-0.05, 0) is 12.8 Å². The summed E-state index contributed by atoms with van der Waals surface area (Å²) in [5.41, 5.74) is 0. The van der Waals surface area contributed by atoms with Crippen molar-refractivity contribution in [1.29, 1.82) is 0 Å². The van der Waals surface area contributed by atoms with E-state index in [1.165, 1.54) is 96.3 Å². The summed E-state index contributed by atoms with van der Waals surface area (Å²) in [7, 11) is 0. The summed E-state index contributed by atoms with van der Waals surface area (Å²) < 4.78 is 0. The molecule has 0 aliphatic carbocycles.